The maximum atomic E-state index is 14.2. The maximum Gasteiger partial charge on any atom is 0.335 e. The normalized spacial score (nSPS) is 19.7. The third-order valence-corrected chi connectivity index (χ3v) is 9.46. The molecule has 6 rings (SSSR count). The summed E-state index contributed by atoms with van der Waals surface area (Å²) in [5.74, 6) is -0.114. The van der Waals surface area contributed by atoms with E-state index in [-0.39, 0.29) is 22.3 Å². The Kier molecular flexibility index (Phi) is 6.97. The highest BCUT2D eigenvalue weighted by molar-refractivity contribution is 9.10. The van der Waals surface area contributed by atoms with E-state index in [0.717, 1.165) is 45.4 Å². The summed E-state index contributed by atoms with van der Waals surface area (Å²) in [7, 11) is 0. The molecule has 42 heavy (non-hydrogen) atoms. The zero-order valence-corrected chi connectivity index (χ0v) is 25.9. The van der Waals surface area contributed by atoms with Crippen LogP contribution >= 0.6 is 15.9 Å². The molecule has 0 bridgehead atoms. The molecule has 3 aromatic carbocycles. The fourth-order valence-corrected chi connectivity index (χ4v) is 7.37. The van der Waals surface area contributed by atoms with E-state index < -0.39 is 5.97 Å². The second kappa shape index (κ2) is 10.4. The molecule has 1 aromatic heterocycles. The van der Waals surface area contributed by atoms with Crippen molar-refractivity contribution in [2.45, 2.75) is 40.7 Å². The lowest BCUT2D eigenvalue weighted by Gasteiger charge is -2.50. The number of aromatic carboxylic acids is 1. The van der Waals surface area contributed by atoms with Crippen LogP contribution in [-0.4, -0.2) is 44.5 Å². The van der Waals surface area contributed by atoms with Crippen LogP contribution in [0.5, 0.6) is 0 Å². The van der Waals surface area contributed by atoms with Crippen LogP contribution in [0.3, 0.4) is 0 Å². The largest absolute Gasteiger partial charge is 0.478 e. The quantitative estimate of drug-likeness (QED) is 0.228. The molecule has 1 atom stereocenters. The molecule has 2 aliphatic rings. The molecule has 1 aliphatic heterocycles. The molecule has 0 spiro atoms. The summed E-state index contributed by atoms with van der Waals surface area (Å²) < 4.78 is 3.14. The smallest absolute Gasteiger partial charge is 0.335 e. The number of rotatable bonds is 5. The first kappa shape index (κ1) is 28.2. The van der Waals surface area contributed by atoms with Crippen LogP contribution in [0.15, 0.2) is 88.9 Å². The van der Waals surface area contributed by atoms with Gasteiger partial charge in [-0.3, -0.25) is 4.79 Å². The number of nitrogens with zero attached hydrogens (tertiary/aromatic N) is 3. The lowest BCUT2D eigenvalue weighted by molar-refractivity contribution is 0.0679. The van der Waals surface area contributed by atoms with Crippen LogP contribution in [0.4, 0.5) is 0 Å². The Morgan fingerprint density at radius 2 is 1.74 bits per heavy atom. The van der Waals surface area contributed by atoms with Gasteiger partial charge >= 0.3 is 5.97 Å². The van der Waals surface area contributed by atoms with E-state index >= 15 is 0 Å². The number of hydrogen-bond donors (Lipinski definition) is 1. The number of carbonyl (C=O) groups excluding carboxylic acids is 1. The van der Waals surface area contributed by atoms with Crippen molar-refractivity contribution in [3.8, 4) is 11.4 Å². The predicted octanol–water partition coefficient (Wildman–Crippen LogP) is 8.09. The molecule has 0 fully saturated rings. The molecule has 6 nitrogen and oxygen atoms in total. The number of hydrogen-bond acceptors (Lipinski definition) is 3. The number of aromatic nitrogens is 2. The minimum absolute atomic E-state index is 0.00913. The van der Waals surface area contributed by atoms with Gasteiger partial charge in [-0.15, -0.1) is 0 Å². The topological polar surface area (TPSA) is 75.4 Å². The number of carbonyl (C=O) groups is 2. The van der Waals surface area contributed by atoms with Crippen LogP contribution in [0.2, 0.25) is 0 Å². The number of fused-ring (bicyclic) bond motifs is 2. The Hall–Kier alpha value is -3.97. The monoisotopic (exact) mass is 623 g/mol. The van der Waals surface area contributed by atoms with Crippen LogP contribution < -0.4 is 0 Å². The highest BCUT2D eigenvalue weighted by Gasteiger charge is 2.46. The van der Waals surface area contributed by atoms with Crippen LogP contribution in [0.25, 0.3) is 28.0 Å². The third-order valence-electron chi connectivity index (χ3n) is 8.96. The van der Waals surface area contributed by atoms with Gasteiger partial charge in [0.05, 0.1) is 22.2 Å². The summed E-state index contributed by atoms with van der Waals surface area (Å²) in [6.45, 7) is 10.7. The van der Waals surface area contributed by atoms with Crippen LogP contribution in [0, 0.1) is 10.8 Å². The zero-order chi connectivity index (χ0) is 29.8. The first-order valence-electron chi connectivity index (χ1n) is 14.3. The molecular formula is C35H34BrN3O3. The first-order chi connectivity index (χ1) is 20.0. The summed E-state index contributed by atoms with van der Waals surface area (Å²) >= 11 is 3.56. The van der Waals surface area contributed by atoms with Crippen molar-refractivity contribution in [1.82, 2.24) is 14.5 Å². The molecule has 214 valence electrons. The molecule has 4 aromatic rings. The minimum Gasteiger partial charge on any atom is -0.478 e. The first-order valence-corrected chi connectivity index (χ1v) is 15.1. The molecule has 1 amide bonds. The lowest BCUT2D eigenvalue weighted by atomic mass is 9.58. The summed E-state index contributed by atoms with van der Waals surface area (Å²) in [6, 6.07) is 21.0. The van der Waals surface area contributed by atoms with Gasteiger partial charge in [-0.2, -0.15) is 0 Å². The number of amides is 1. The van der Waals surface area contributed by atoms with E-state index in [1.165, 1.54) is 11.1 Å². The second-order valence-corrected chi connectivity index (χ2v) is 13.0. The Balaban J connectivity index is 1.32. The Labute approximate surface area is 254 Å². The number of allylic oxidation sites excluding steroid dienone is 2. The molecular weight excluding hydrogens is 590 g/mol. The Morgan fingerprint density at radius 1 is 1.00 bits per heavy atom. The molecule has 0 saturated heterocycles. The summed E-state index contributed by atoms with van der Waals surface area (Å²) in [4.78, 5) is 32.5. The summed E-state index contributed by atoms with van der Waals surface area (Å²) in [5, 5.41) is 9.32. The van der Waals surface area contributed by atoms with E-state index in [1.54, 1.807) is 12.1 Å². The van der Waals surface area contributed by atoms with Gasteiger partial charge in [0.2, 0.25) is 0 Å². The molecule has 2 heterocycles. The molecule has 0 radical (unpaired) electrons. The van der Waals surface area contributed by atoms with Gasteiger partial charge in [-0.05, 0) is 60.9 Å². The average molecular weight is 625 g/mol. The molecule has 7 heteroatoms. The van der Waals surface area contributed by atoms with E-state index in [0.29, 0.717) is 18.7 Å². The van der Waals surface area contributed by atoms with Gasteiger partial charge < -0.3 is 14.6 Å². The fraction of sp³-hybridized carbons (Fsp3) is 0.286. The fourth-order valence-electron chi connectivity index (χ4n) is 7.02. The van der Waals surface area contributed by atoms with Crippen molar-refractivity contribution in [1.29, 1.82) is 0 Å². The van der Waals surface area contributed by atoms with Gasteiger partial charge in [0, 0.05) is 40.5 Å². The number of imidazole rings is 1. The summed E-state index contributed by atoms with van der Waals surface area (Å²) in [6.07, 6.45) is 5.31. The second-order valence-electron chi connectivity index (χ2n) is 12.1. The number of halogens is 1. The minimum atomic E-state index is -0.924. The van der Waals surface area contributed by atoms with Crippen LogP contribution in [0.1, 0.15) is 60.4 Å². The van der Waals surface area contributed by atoms with E-state index in [9.17, 15) is 14.7 Å². The maximum absolute atomic E-state index is 14.2. The molecule has 0 unspecified atom stereocenters. The van der Waals surface area contributed by atoms with Gasteiger partial charge in [0.15, 0.2) is 0 Å². The molecule has 1 N–H and O–H groups in total. The van der Waals surface area contributed by atoms with Crippen molar-refractivity contribution in [3.63, 3.8) is 0 Å². The Bertz CT molecular complexity index is 1800. The average Bonchev–Trinajstić information content (AvgIpc) is 3.33. The predicted molar refractivity (Wildman–Crippen MR) is 170 cm³/mol. The number of aryl methyl sites for hydroxylation is 1. The lowest BCUT2D eigenvalue weighted by Crippen LogP contribution is -2.48. The standard InChI is InChI=1S/C35H34BrN3O3/c1-5-39-29-15-14-24(36)20-28(29)37-31(39)25-8-6-7-9-26(25)32(40)38-19-17-30-34(2,3)27(16-18-35(30,4)21-38)22-10-12-23(13-11-22)33(41)42/h6-17,20H,5,18-19,21H2,1-4H3,(H,41,42)/t35-/m1/s1. The van der Waals surface area contributed by atoms with Gasteiger partial charge in [0.25, 0.3) is 5.91 Å². The highest BCUT2D eigenvalue weighted by atomic mass is 79.9. The van der Waals surface area contributed by atoms with E-state index in [4.69, 9.17) is 4.98 Å². The summed E-state index contributed by atoms with van der Waals surface area (Å²) in [5.41, 5.74) is 6.80. The number of benzene rings is 3. The van der Waals surface area contributed by atoms with Crippen molar-refractivity contribution >= 4 is 44.4 Å². The zero-order valence-electron chi connectivity index (χ0n) is 24.3. The van der Waals surface area contributed by atoms with Gasteiger partial charge in [-0.1, -0.05) is 84.8 Å². The molecule has 0 saturated carbocycles. The van der Waals surface area contributed by atoms with Crippen molar-refractivity contribution < 1.29 is 14.7 Å². The van der Waals surface area contributed by atoms with Crippen molar-refractivity contribution in [2.24, 2.45) is 10.8 Å². The van der Waals surface area contributed by atoms with Crippen molar-refractivity contribution in [2.75, 3.05) is 13.1 Å². The van der Waals surface area contributed by atoms with Gasteiger partial charge in [-0.25, -0.2) is 9.78 Å². The number of carboxylic acid groups (broad SMARTS) is 1. The van der Waals surface area contributed by atoms with E-state index in [2.05, 4.69) is 66.4 Å². The van der Waals surface area contributed by atoms with Crippen LogP contribution in [-0.2, 0) is 6.54 Å². The Morgan fingerprint density at radius 3 is 2.45 bits per heavy atom. The highest BCUT2D eigenvalue weighted by Crippen LogP contribution is 2.55. The van der Waals surface area contributed by atoms with E-state index in [1.807, 2.05) is 53.4 Å². The van der Waals surface area contributed by atoms with Gasteiger partial charge in [0.1, 0.15) is 5.82 Å². The molecule has 1 aliphatic carbocycles. The SMILES string of the molecule is CCn1c(-c2ccccc2C(=O)N2CC=C3C(C)(C)C(c4ccc(C(=O)O)cc4)=CC[C@]3(C)C2)nc2cc(Br)ccc21. The van der Waals surface area contributed by atoms with Crippen molar-refractivity contribution in [3.05, 3.63) is 106 Å². The number of carboxylic acids is 1. The third kappa shape index (κ3) is 4.60.